The first-order chi connectivity index (χ1) is 15.6. The number of nitrogens with one attached hydrogen (secondary N) is 2. The molecule has 2 N–H and O–H groups in total. The minimum absolute atomic E-state index is 0.0489. The van der Waals surface area contributed by atoms with Gasteiger partial charge in [0.15, 0.2) is 0 Å². The maximum Gasteiger partial charge on any atom is 0.407 e. The van der Waals surface area contributed by atoms with Gasteiger partial charge in [-0.15, -0.1) is 0 Å². The van der Waals surface area contributed by atoms with Crippen molar-refractivity contribution in [3.05, 3.63) is 41.2 Å². The van der Waals surface area contributed by atoms with Crippen molar-refractivity contribution in [1.82, 2.24) is 15.5 Å². The maximum absolute atomic E-state index is 13.2. The number of rotatable bonds is 8. The Morgan fingerprint density at radius 3 is 2.67 bits per heavy atom. The molecule has 1 fully saturated rings. The molecule has 0 bridgehead atoms. The van der Waals surface area contributed by atoms with Crippen LogP contribution in [0, 0.1) is 0 Å². The predicted octanol–water partition coefficient (Wildman–Crippen LogP) is 3.11. The van der Waals surface area contributed by atoms with Crippen LogP contribution in [-0.4, -0.2) is 60.7 Å². The van der Waals surface area contributed by atoms with E-state index in [0.717, 1.165) is 24.8 Å². The van der Waals surface area contributed by atoms with Crippen molar-refractivity contribution < 1.29 is 28.2 Å². The van der Waals surface area contributed by atoms with E-state index in [4.69, 9.17) is 9.47 Å². The van der Waals surface area contributed by atoms with Gasteiger partial charge in [-0.1, -0.05) is 0 Å². The SMILES string of the molecule is CC(C)(C)OC(=O)NC/C(=C\F)COc1ccc2c(c1)CCN(CC(=O)NC1CCC1)C2=O. The van der Waals surface area contributed by atoms with Crippen LogP contribution in [0.5, 0.6) is 5.75 Å². The second-order valence-electron chi connectivity index (χ2n) is 9.40. The first-order valence-electron chi connectivity index (χ1n) is 11.2. The van der Waals surface area contributed by atoms with Gasteiger partial charge in [-0.25, -0.2) is 9.18 Å². The van der Waals surface area contributed by atoms with Crippen LogP contribution >= 0.6 is 0 Å². The zero-order valence-electron chi connectivity index (χ0n) is 19.4. The quantitative estimate of drug-likeness (QED) is 0.620. The second-order valence-corrected chi connectivity index (χ2v) is 9.40. The highest BCUT2D eigenvalue weighted by atomic mass is 19.1. The summed E-state index contributed by atoms with van der Waals surface area (Å²) in [6.07, 6.45) is 3.49. The molecule has 1 heterocycles. The van der Waals surface area contributed by atoms with E-state index in [9.17, 15) is 18.8 Å². The lowest BCUT2D eigenvalue weighted by molar-refractivity contribution is -0.123. The summed E-state index contributed by atoms with van der Waals surface area (Å²) in [5, 5.41) is 5.44. The lowest BCUT2D eigenvalue weighted by Crippen LogP contribution is -2.48. The second kappa shape index (κ2) is 10.7. The summed E-state index contributed by atoms with van der Waals surface area (Å²) in [6, 6.07) is 5.31. The third kappa shape index (κ3) is 7.20. The predicted molar refractivity (Wildman–Crippen MR) is 121 cm³/mol. The fraction of sp³-hybridized carbons (Fsp3) is 0.542. The van der Waals surface area contributed by atoms with Crippen molar-refractivity contribution in [2.75, 3.05) is 26.2 Å². The van der Waals surface area contributed by atoms with Gasteiger partial charge in [0.1, 0.15) is 18.0 Å². The van der Waals surface area contributed by atoms with Crippen LogP contribution in [0.1, 0.15) is 56.0 Å². The minimum atomic E-state index is -0.642. The molecule has 0 atom stereocenters. The summed E-state index contributed by atoms with van der Waals surface area (Å²) >= 11 is 0. The third-order valence-electron chi connectivity index (χ3n) is 5.49. The number of benzene rings is 1. The summed E-state index contributed by atoms with van der Waals surface area (Å²) in [7, 11) is 0. The number of amides is 3. The monoisotopic (exact) mass is 461 g/mol. The lowest BCUT2D eigenvalue weighted by Gasteiger charge is -2.31. The molecule has 3 amide bonds. The molecule has 1 aromatic rings. The zero-order chi connectivity index (χ0) is 24.0. The normalized spacial score (nSPS) is 16.5. The number of carbonyl (C=O) groups is 3. The number of alkyl carbamates (subject to hydrolysis) is 1. The number of carbonyl (C=O) groups excluding carboxylic acids is 3. The van der Waals surface area contributed by atoms with E-state index in [1.165, 1.54) is 0 Å². The summed E-state index contributed by atoms with van der Waals surface area (Å²) in [5.41, 5.74) is 0.957. The largest absolute Gasteiger partial charge is 0.489 e. The lowest BCUT2D eigenvalue weighted by atomic mass is 9.93. The Morgan fingerprint density at radius 2 is 2.03 bits per heavy atom. The van der Waals surface area contributed by atoms with Crippen molar-refractivity contribution in [3.63, 3.8) is 0 Å². The van der Waals surface area contributed by atoms with Gasteiger partial charge in [0, 0.05) is 30.3 Å². The molecule has 0 aromatic heterocycles. The Balaban J connectivity index is 1.50. The van der Waals surface area contributed by atoms with Gasteiger partial charge in [-0.2, -0.15) is 0 Å². The Labute approximate surface area is 193 Å². The van der Waals surface area contributed by atoms with Crippen molar-refractivity contribution in [1.29, 1.82) is 0 Å². The van der Waals surface area contributed by atoms with Gasteiger partial charge in [0.05, 0.1) is 12.9 Å². The summed E-state index contributed by atoms with van der Waals surface area (Å²) < 4.78 is 24.0. The highest BCUT2D eigenvalue weighted by Gasteiger charge is 2.27. The smallest absolute Gasteiger partial charge is 0.407 e. The van der Waals surface area contributed by atoms with Crippen LogP contribution in [0.2, 0.25) is 0 Å². The maximum atomic E-state index is 13.2. The average Bonchev–Trinajstić information content (AvgIpc) is 2.71. The van der Waals surface area contributed by atoms with E-state index in [1.807, 2.05) is 0 Å². The average molecular weight is 462 g/mol. The van der Waals surface area contributed by atoms with Gasteiger partial charge in [-0.05, 0) is 70.2 Å². The van der Waals surface area contributed by atoms with E-state index in [1.54, 1.807) is 43.9 Å². The summed E-state index contributed by atoms with van der Waals surface area (Å²) in [5.74, 6) is 0.189. The molecule has 2 aliphatic rings. The Bertz CT molecular complexity index is 921. The van der Waals surface area contributed by atoms with Crippen molar-refractivity contribution in [3.8, 4) is 5.75 Å². The Hall–Kier alpha value is -3.10. The molecular weight excluding hydrogens is 429 g/mol. The summed E-state index contributed by atoms with van der Waals surface area (Å²) in [6.45, 7) is 5.62. The van der Waals surface area contributed by atoms with Crippen molar-refractivity contribution in [2.45, 2.75) is 58.1 Å². The molecule has 8 nitrogen and oxygen atoms in total. The first-order valence-corrected chi connectivity index (χ1v) is 11.2. The number of nitrogens with zero attached hydrogens (tertiary/aromatic N) is 1. The highest BCUT2D eigenvalue weighted by Crippen LogP contribution is 2.24. The van der Waals surface area contributed by atoms with E-state index in [2.05, 4.69) is 10.6 Å². The highest BCUT2D eigenvalue weighted by molar-refractivity contribution is 5.98. The number of hydrogen-bond donors (Lipinski definition) is 2. The van der Waals surface area contributed by atoms with Gasteiger partial charge < -0.3 is 25.0 Å². The minimum Gasteiger partial charge on any atom is -0.489 e. The van der Waals surface area contributed by atoms with Crippen molar-refractivity contribution >= 4 is 17.9 Å². The molecular formula is C24H32FN3O5. The van der Waals surface area contributed by atoms with Crippen molar-refractivity contribution in [2.24, 2.45) is 0 Å². The molecule has 180 valence electrons. The number of fused-ring (bicyclic) bond motifs is 1. The number of ether oxygens (including phenoxy) is 2. The van der Waals surface area contributed by atoms with Gasteiger partial charge in [0.2, 0.25) is 5.91 Å². The molecule has 1 aromatic carbocycles. The fourth-order valence-electron chi connectivity index (χ4n) is 3.55. The van der Waals surface area contributed by atoms with Crippen LogP contribution in [0.3, 0.4) is 0 Å². The van der Waals surface area contributed by atoms with E-state index in [0.29, 0.717) is 30.6 Å². The summed E-state index contributed by atoms with van der Waals surface area (Å²) in [4.78, 5) is 38.2. The van der Waals surface area contributed by atoms with Gasteiger partial charge in [-0.3, -0.25) is 9.59 Å². The standard InChI is InChI=1S/C24H32FN3O5/c1-24(2,3)33-23(31)26-13-16(12-25)15-32-19-7-8-20-17(11-19)9-10-28(22(20)30)14-21(29)27-18-5-4-6-18/h7-8,11-12,18H,4-6,9-10,13-15H2,1-3H3,(H,26,31)(H,27,29)/b16-12+. The molecule has 9 heteroatoms. The first kappa shape index (κ1) is 24.5. The molecule has 1 aliphatic heterocycles. The molecule has 0 spiro atoms. The number of halogens is 1. The van der Waals surface area contributed by atoms with E-state index >= 15 is 0 Å². The molecule has 33 heavy (non-hydrogen) atoms. The van der Waals surface area contributed by atoms with Crippen LogP contribution in [-0.2, 0) is 16.0 Å². The van der Waals surface area contributed by atoms with Gasteiger partial charge >= 0.3 is 6.09 Å². The molecule has 1 saturated carbocycles. The molecule has 0 radical (unpaired) electrons. The van der Waals surface area contributed by atoms with Crippen LogP contribution in [0.4, 0.5) is 9.18 Å². The Morgan fingerprint density at radius 1 is 1.27 bits per heavy atom. The molecule has 0 saturated heterocycles. The molecule has 1 aliphatic carbocycles. The molecule has 3 rings (SSSR count). The van der Waals surface area contributed by atoms with Gasteiger partial charge in [0.25, 0.3) is 5.91 Å². The van der Waals surface area contributed by atoms with Crippen LogP contribution in [0.15, 0.2) is 30.1 Å². The number of hydrogen-bond acceptors (Lipinski definition) is 5. The molecule has 0 unspecified atom stereocenters. The van der Waals surface area contributed by atoms with Crippen LogP contribution < -0.4 is 15.4 Å². The fourth-order valence-corrected chi connectivity index (χ4v) is 3.55. The van der Waals surface area contributed by atoms with E-state index in [-0.39, 0.29) is 43.1 Å². The van der Waals surface area contributed by atoms with E-state index < -0.39 is 11.7 Å². The third-order valence-corrected chi connectivity index (χ3v) is 5.49. The zero-order valence-corrected chi connectivity index (χ0v) is 19.4. The Kier molecular flexibility index (Phi) is 7.94. The van der Waals surface area contributed by atoms with Crippen LogP contribution in [0.25, 0.3) is 0 Å². The topological polar surface area (TPSA) is 97.0 Å².